The van der Waals surface area contributed by atoms with E-state index >= 15 is 0 Å². The number of aliphatic carboxylic acids is 1. The molecule has 2 unspecified atom stereocenters. The molecule has 2 fully saturated rings. The maximum absolute atomic E-state index is 12.3. The second-order valence-electron chi connectivity index (χ2n) is 13.3. The Morgan fingerprint density at radius 2 is 1.13 bits per heavy atom. The van der Waals surface area contributed by atoms with Gasteiger partial charge in [-0.3, -0.25) is 28.8 Å². The number of hydrogen-bond acceptors (Lipinski definition) is 7. The highest BCUT2D eigenvalue weighted by molar-refractivity contribution is 5.92. The molecule has 4 rings (SSSR count). The molecule has 55 heavy (non-hydrogen) atoms. The molecule has 0 saturated carbocycles. The van der Waals surface area contributed by atoms with Gasteiger partial charge in [-0.2, -0.15) is 0 Å². The van der Waals surface area contributed by atoms with E-state index in [1.807, 2.05) is 72.8 Å². The van der Waals surface area contributed by atoms with Crippen LogP contribution in [0.1, 0.15) is 88.2 Å². The van der Waals surface area contributed by atoms with E-state index < -0.39 is 5.97 Å². The number of amides is 2. The monoisotopic (exact) mass is 748 g/mol. The van der Waals surface area contributed by atoms with Crippen molar-refractivity contribution in [3.63, 3.8) is 0 Å². The summed E-state index contributed by atoms with van der Waals surface area (Å²) in [7, 11) is 1.37. The Bertz CT molecular complexity index is 1760. The number of likely N-dealkylation sites (tertiary alicyclic amines) is 2. The number of carbonyl (C=O) groups is 6. The average molecular weight is 749 g/mol. The summed E-state index contributed by atoms with van der Waals surface area (Å²) in [5.41, 5.74) is 1.95. The largest absolute Gasteiger partial charge is 0.481 e. The van der Waals surface area contributed by atoms with Gasteiger partial charge in [0.05, 0.1) is 32.3 Å². The van der Waals surface area contributed by atoms with Crippen LogP contribution >= 0.6 is 0 Å². The fourth-order valence-electron chi connectivity index (χ4n) is 6.06. The third kappa shape index (κ3) is 17.8. The topological polar surface area (TPSA) is 138 Å². The molecule has 2 saturated heterocycles. The number of carbonyl (C=O) groups excluding carboxylic acids is 5. The molecule has 10 heteroatoms. The highest BCUT2D eigenvalue weighted by atomic mass is 16.5. The number of benzene rings is 2. The zero-order chi connectivity index (χ0) is 39.7. The van der Waals surface area contributed by atoms with Crippen molar-refractivity contribution in [3.05, 3.63) is 96.1 Å². The van der Waals surface area contributed by atoms with Gasteiger partial charge in [-0.1, -0.05) is 84.7 Å². The maximum atomic E-state index is 12.3. The Morgan fingerprint density at radius 1 is 0.691 bits per heavy atom. The molecule has 2 aliphatic heterocycles. The van der Waals surface area contributed by atoms with Gasteiger partial charge in [-0.15, -0.1) is 11.8 Å². The molecule has 2 aromatic carbocycles. The van der Waals surface area contributed by atoms with E-state index in [0.717, 1.165) is 36.8 Å². The van der Waals surface area contributed by atoms with Crippen LogP contribution < -0.4 is 0 Å². The van der Waals surface area contributed by atoms with Crippen LogP contribution in [-0.4, -0.2) is 82.5 Å². The quantitative estimate of drug-likeness (QED) is 0.0945. The fourth-order valence-corrected chi connectivity index (χ4v) is 6.06. The van der Waals surface area contributed by atoms with Gasteiger partial charge in [-0.05, 0) is 61.8 Å². The molecule has 2 aromatic rings. The lowest BCUT2D eigenvalue weighted by atomic mass is 10.00. The molecule has 2 atom stereocenters. The number of rotatable bonds is 16. The van der Waals surface area contributed by atoms with Crippen molar-refractivity contribution >= 4 is 35.3 Å². The summed E-state index contributed by atoms with van der Waals surface area (Å²) < 4.78 is 4.59. The van der Waals surface area contributed by atoms with Crippen LogP contribution in [0.4, 0.5) is 0 Å². The van der Waals surface area contributed by atoms with Gasteiger partial charge in [-0.25, -0.2) is 0 Å². The number of carboxylic acids is 1. The van der Waals surface area contributed by atoms with E-state index in [0.29, 0.717) is 70.9 Å². The van der Waals surface area contributed by atoms with Gasteiger partial charge in [0.2, 0.25) is 11.8 Å². The van der Waals surface area contributed by atoms with Crippen LogP contribution in [0.2, 0.25) is 0 Å². The number of esters is 1. The highest BCUT2D eigenvalue weighted by Crippen LogP contribution is 2.20. The van der Waals surface area contributed by atoms with Crippen molar-refractivity contribution < 1.29 is 38.6 Å². The lowest BCUT2D eigenvalue weighted by Gasteiger charge is -2.32. The fraction of sp³-hybridized carbons (Fsp3) is 0.422. The molecule has 0 radical (unpaired) electrons. The van der Waals surface area contributed by atoms with E-state index in [1.165, 1.54) is 7.11 Å². The summed E-state index contributed by atoms with van der Waals surface area (Å²) in [5.74, 6) is 11.0. The maximum Gasteiger partial charge on any atom is 0.305 e. The Morgan fingerprint density at radius 3 is 1.55 bits per heavy atom. The molecule has 0 aliphatic carbocycles. The predicted molar refractivity (Wildman–Crippen MR) is 210 cm³/mol. The Kier molecular flexibility index (Phi) is 20.1. The van der Waals surface area contributed by atoms with Crippen LogP contribution in [0.25, 0.3) is 0 Å². The first-order valence-corrected chi connectivity index (χ1v) is 18.9. The van der Waals surface area contributed by atoms with Crippen molar-refractivity contribution in [1.29, 1.82) is 0 Å². The third-order valence-electron chi connectivity index (χ3n) is 9.02. The summed E-state index contributed by atoms with van der Waals surface area (Å²) in [4.78, 5) is 73.8. The molecule has 2 aliphatic rings. The Hall–Kier alpha value is -5.74. The van der Waals surface area contributed by atoms with Crippen LogP contribution in [0, 0.1) is 23.7 Å². The molecule has 0 spiro atoms. The van der Waals surface area contributed by atoms with Gasteiger partial charge < -0.3 is 19.6 Å². The number of carboxylic acid groups (broad SMARTS) is 1. The highest BCUT2D eigenvalue weighted by Gasteiger charge is 2.26. The van der Waals surface area contributed by atoms with Gasteiger partial charge >= 0.3 is 11.9 Å². The molecular formula is C45H52N2O8. The van der Waals surface area contributed by atoms with Gasteiger partial charge in [0.25, 0.3) is 0 Å². The van der Waals surface area contributed by atoms with Crippen molar-refractivity contribution in [2.45, 2.75) is 102 Å². The summed E-state index contributed by atoms with van der Waals surface area (Å²) in [6, 6.07) is 19.0. The number of nitrogens with zero attached hydrogens (tertiary/aromatic N) is 2. The minimum atomic E-state index is -0.826. The first-order valence-electron chi connectivity index (χ1n) is 18.9. The van der Waals surface area contributed by atoms with Crippen molar-refractivity contribution in [3.8, 4) is 23.7 Å². The number of ketones is 2. The lowest BCUT2D eigenvalue weighted by molar-refractivity contribution is -0.141. The summed E-state index contributed by atoms with van der Waals surface area (Å²) in [6.07, 6.45) is 14.5. The van der Waals surface area contributed by atoms with E-state index in [2.05, 4.69) is 28.4 Å². The zero-order valence-corrected chi connectivity index (χ0v) is 31.8. The summed E-state index contributed by atoms with van der Waals surface area (Å²) in [6.45, 7) is 0.659. The Labute approximate surface area is 325 Å². The third-order valence-corrected chi connectivity index (χ3v) is 9.02. The normalized spacial score (nSPS) is 16.7. The first kappa shape index (κ1) is 43.7. The molecule has 0 aromatic heterocycles. The standard InChI is InChI=1S/C23H27NO4.C22H25NO4/c1-28-23(27)14-7-2-3-8-17-24-20(12-9-13-22(24)26)15-16-21(25)18-19-10-5-4-6-11-19;24-20(17-18-9-4-3-5-10-18)15-14-19-11-8-12-21(25)23(19)16-7-2-1-6-13-22(26)27/h4-6,10-11,15-16,20H,2,7,9,12-14,17-18H2,1H3;3-5,9-10,14-15,19H,1,6,8,11-13,16-17H2,(H,26,27). The summed E-state index contributed by atoms with van der Waals surface area (Å²) in [5, 5.41) is 8.60. The second-order valence-corrected chi connectivity index (χ2v) is 13.3. The van der Waals surface area contributed by atoms with Crippen LogP contribution in [0.3, 0.4) is 0 Å². The number of hydrogen-bond donors (Lipinski definition) is 1. The molecule has 10 nitrogen and oxygen atoms in total. The van der Waals surface area contributed by atoms with Gasteiger partial charge in [0, 0.05) is 51.4 Å². The molecule has 2 amide bonds. The van der Waals surface area contributed by atoms with Crippen molar-refractivity contribution in [2.75, 3.05) is 20.2 Å². The van der Waals surface area contributed by atoms with Gasteiger partial charge in [0.15, 0.2) is 11.6 Å². The average Bonchev–Trinajstić information content (AvgIpc) is 3.18. The second kappa shape index (κ2) is 25.3. The predicted octanol–water partition coefficient (Wildman–Crippen LogP) is 6.08. The minimum Gasteiger partial charge on any atom is -0.481 e. The van der Waals surface area contributed by atoms with Gasteiger partial charge in [0.1, 0.15) is 0 Å². The molecule has 2 heterocycles. The first-order chi connectivity index (χ1) is 26.7. The van der Waals surface area contributed by atoms with Crippen LogP contribution in [0.5, 0.6) is 0 Å². The SMILES string of the molecule is COC(=O)CCCC#CCN1C(=O)CCCC1C=CC(=O)Cc1ccccc1.O=C(O)CCCC#CCN1C(=O)CCCC1C=CC(=O)Cc1ccccc1. The molecular weight excluding hydrogens is 697 g/mol. The smallest absolute Gasteiger partial charge is 0.305 e. The number of methoxy groups -OCH3 is 1. The van der Waals surface area contributed by atoms with Crippen LogP contribution in [0.15, 0.2) is 85.0 Å². The minimum absolute atomic E-state index is 0.0129. The number of allylic oxidation sites excluding steroid dienone is 2. The summed E-state index contributed by atoms with van der Waals surface area (Å²) >= 11 is 0. The Balaban J connectivity index is 0.000000296. The van der Waals surface area contributed by atoms with E-state index in [-0.39, 0.29) is 47.9 Å². The zero-order valence-electron chi connectivity index (χ0n) is 31.8. The number of piperidine rings is 2. The number of unbranched alkanes of at least 4 members (excludes halogenated alkanes) is 2. The van der Waals surface area contributed by atoms with Crippen LogP contribution in [-0.2, 0) is 46.3 Å². The van der Waals surface area contributed by atoms with Crippen molar-refractivity contribution in [2.24, 2.45) is 0 Å². The van der Waals surface area contributed by atoms with E-state index in [4.69, 9.17) is 5.11 Å². The van der Waals surface area contributed by atoms with E-state index in [9.17, 15) is 28.8 Å². The van der Waals surface area contributed by atoms with E-state index in [1.54, 1.807) is 22.0 Å². The van der Waals surface area contributed by atoms with Crippen molar-refractivity contribution in [1.82, 2.24) is 9.80 Å². The molecule has 290 valence electrons. The number of ether oxygens (including phenoxy) is 1. The lowest BCUT2D eigenvalue weighted by Crippen LogP contribution is -2.42. The molecule has 1 N–H and O–H groups in total. The molecule has 0 bridgehead atoms.